The van der Waals surface area contributed by atoms with Gasteiger partial charge in [0.05, 0.1) is 5.52 Å². The molecule has 0 atom stereocenters. The highest BCUT2D eigenvalue weighted by Gasteiger charge is 2.09. The Bertz CT molecular complexity index is 1070. The second kappa shape index (κ2) is 5.13. The van der Waals surface area contributed by atoms with Crippen LogP contribution in [0.1, 0.15) is 25.3 Å². The standard InChI is InChI=1S/C20H18N2O/c1-13(2)17-12-21-18-11-14(7-8-15(17)18)22-10-9-20(23)16-5-3-4-6-19(16)22/h3-13,21H,1-2H3. The van der Waals surface area contributed by atoms with Gasteiger partial charge < -0.3 is 9.55 Å². The molecule has 0 saturated carbocycles. The van der Waals surface area contributed by atoms with Gasteiger partial charge in [0.1, 0.15) is 0 Å². The first-order valence-corrected chi connectivity index (χ1v) is 7.87. The number of para-hydroxylation sites is 1. The van der Waals surface area contributed by atoms with E-state index in [4.69, 9.17) is 0 Å². The van der Waals surface area contributed by atoms with Gasteiger partial charge in [-0.25, -0.2) is 0 Å². The molecule has 23 heavy (non-hydrogen) atoms. The van der Waals surface area contributed by atoms with Gasteiger partial charge in [0.2, 0.25) is 0 Å². The summed E-state index contributed by atoms with van der Waals surface area (Å²) >= 11 is 0. The molecule has 0 aliphatic heterocycles. The molecule has 4 aromatic rings. The minimum Gasteiger partial charge on any atom is -0.361 e. The van der Waals surface area contributed by atoms with Crippen molar-refractivity contribution in [1.82, 2.24) is 9.55 Å². The van der Waals surface area contributed by atoms with Crippen LogP contribution >= 0.6 is 0 Å². The van der Waals surface area contributed by atoms with Gasteiger partial charge in [-0.3, -0.25) is 4.79 Å². The Morgan fingerprint density at radius 2 is 1.83 bits per heavy atom. The molecular formula is C20H18N2O. The van der Waals surface area contributed by atoms with Gasteiger partial charge in [-0.2, -0.15) is 0 Å². The summed E-state index contributed by atoms with van der Waals surface area (Å²) in [6, 6.07) is 15.7. The minimum absolute atomic E-state index is 0.0555. The van der Waals surface area contributed by atoms with E-state index in [0.29, 0.717) is 5.92 Å². The number of H-pyrrole nitrogens is 1. The van der Waals surface area contributed by atoms with Crippen LogP contribution < -0.4 is 5.43 Å². The van der Waals surface area contributed by atoms with E-state index in [1.165, 1.54) is 10.9 Å². The fraction of sp³-hybridized carbons (Fsp3) is 0.150. The van der Waals surface area contributed by atoms with Gasteiger partial charge in [0, 0.05) is 40.4 Å². The van der Waals surface area contributed by atoms with Crippen molar-refractivity contribution in [3.63, 3.8) is 0 Å². The average molecular weight is 302 g/mol. The first kappa shape index (κ1) is 13.8. The van der Waals surface area contributed by atoms with Gasteiger partial charge in [-0.1, -0.05) is 32.0 Å². The summed E-state index contributed by atoms with van der Waals surface area (Å²) in [5.74, 6) is 0.489. The van der Waals surface area contributed by atoms with Gasteiger partial charge in [-0.05, 0) is 35.7 Å². The molecule has 0 amide bonds. The molecule has 0 bridgehead atoms. The maximum absolute atomic E-state index is 12.0. The normalized spacial score (nSPS) is 11.6. The van der Waals surface area contributed by atoms with Crippen LogP contribution in [-0.2, 0) is 0 Å². The highest BCUT2D eigenvalue weighted by atomic mass is 16.1. The van der Waals surface area contributed by atoms with E-state index in [9.17, 15) is 4.79 Å². The Morgan fingerprint density at radius 3 is 2.65 bits per heavy atom. The van der Waals surface area contributed by atoms with Gasteiger partial charge in [0.25, 0.3) is 0 Å². The molecule has 2 heterocycles. The molecule has 4 rings (SSSR count). The fourth-order valence-corrected chi connectivity index (χ4v) is 3.19. The highest BCUT2D eigenvalue weighted by molar-refractivity contribution is 5.87. The van der Waals surface area contributed by atoms with Gasteiger partial charge in [0.15, 0.2) is 5.43 Å². The molecule has 1 N–H and O–H groups in total. The molecule has 0 saturated heterocycles. The SMILES string of the molecule is CC(C)c1c[nH]c2cc(-n3ccc(=O)c4ccccc43)ccc12. The molecule has 0 aliphatic rings. The summed E-state index contributed by atoms with van der Waals surface area (Å²) in [4.78, 5) is 15.4. The summed E-state index contributed by atoms with van der Waals surface area (Å²) in [6.45, 7) is 4.40. The topological polar surface area (TPSA) is 37.8 Å². The zero-order chi connectivity index (χ0) is 16.0. The van der Waals surface area contributed by atoms with Gasteiger partial charge in [-0.15, -0.1) is 0 Å². The molecule has 2 aromatic heterocycles. The van der Waals surface area contributed by atoms with Crippen LogP contribution in [0.5, 0.6) is 0 Å². The number of nitrogens with zero attached hydrogens (tertiary/aromatic N) is 1. The monoisotopic (exact) mass is 302 g/mol. The molecule has 0 aliphatic carbocycles. The maximum atomic E-state index is 12.0. The Hall–Kier alpha value is -2.81. The van der Waals surface area contributed by atoms with Crippen LogP contribution in [0.15, 0.2) is 65.7 Å². The second-order valence-corrected chi connectivity index (χ2v) is 6.20. The summed E-state index contributed by atoms with van der Waals surface area (Å²) in [5.41, 5.74) is 4.48. The van der Waals surface area contributed by atoms with Crippen LogP contribution in [0.2, 0.25) is 0 Å². The predicted octanol–water partition coefficient (Wildman–Crippen LogP) is 4.60. The van der Waals surface area contributed by atoms with Crippen molar-refractivity contribution in [3.8, 4) is 5.69 Å². The summed E-state index contributed by atoms with van der Waals surface area (Å²) in [7, 11) is 0. The molecule has 0 unspecified atom stereocenters. The Morgan fingerprint density at radius 1 is 1.00 bits per heavy atom. The molecule has 2 aromatic carbocycles. The van der Waals surface area contributed by atoms with E-state index in [0.717, 1.165) is 22.1 Å². The maximum Gasteiger partial charge on any atom is 0.189 e. The number of aromatic nitrogens is 2. The lowest BCUT2D eigenvalue weighted by Crippen LogP contribution is -2.06. The molecular weight excluding hydrogens is 284 g/mol. The van der Waals surface area contributed by atoms with Gasteiger partial charge >= 0.3 is 0 Å². The lowest BCUT2D eigenvalue weighted by atomic mass is 10.0. The van der Waals surface area contributed by atoms with Crippen molar-refractivity contribution in [3.05, 3.63) is 76.7 Å². The molecule has 114 valence electrons. The smallest absolute Gasteiger partial charge is 0.189 e. The number of hydrogen-bond acceptors (Lipinski definition) is 1. The number of pyridine rings is 1. The van der Waals surface area contributed by atoms with Crippen molar-refractivity contribution in [2.75, 3.05) is 0 Å². The summed E-state index contributed by atoms with van der Waals surface area (Å²) in [5, 5.41) is 2.00. The highest BCUT2D eigenvalue weighted by Crippen LogP contribution is 2.27. The number of benzene rings is 2. The van der Waals surface area contributed by atoms with Crippen molar-refractivity contribution < 1.29 is 0 Å². The molecule has 0 spiro atoms. The van der Waals surface area contributed by atoms with Crippen molar-refractivity contribution in [2.45, 2.75) is 19.8 Å². The number of nitrogens with one attached hydrogen (secondary N) is 1. The first-order valence-electron chi connectivity index (χ1n) is 7.87. The molecule has 0 radical (unpaired) electrons. The molecule has 0 fully saturated rings. The number of hydrogen-bond donors (Lipinski definition) is 1. The molecule has 3 heteroatoms. The molecule has 3 nitrogen and oxygen atoms in total. The third-order valence-corrected chi connectivity index (χ3v) is 4.40. The van der Waals surface area contributed by atoms with E-state index in [2.05, 4.69) is 47.8 Å². The Kier molecular flexibility index (Phi) is 3.08. The summed E-state index contributed by atoms with van der Waals surface area (Å²) < 4.78 is 2.06. The Labute approximate surface area is 134 Å². The van der Waals surface area contributed by atoms with Crippen LogP contribution in [0.25, 0.3) is 27.5 Å². The van der Waals surface area contributed by atoms with E-state index >= 15 is 0 Å². The number of rotatable bonds is 2. The Balaban J connectivity index is 1.96. The fourth-order valence-electron chi connectivity index (χ4n) is 3.19. The summed E-state index contributed by atoms with van der Waals surface area (Å²) in [6.07, 6.45) is 3.93. The number of aromatic amines is 1. The lowest BCUT2D eigenvalue weighted by molar-refractivity contribution is 0.875. The lowest BCUT2D eigenvalue weighted by Gasteiger charge is -2.11. The predicted molar refractivity (Wildman–Crippen MR) is 95.5 cm³/mol. The van der Waals surface area contributed by atoms with Crippen LogP contribution in [0.4, 0.5) is 0 Å². The van der Waals surface area contributed by atoms with Crippen LogP contribution in [0.3, 0.4) is 0 Å². The van der Waals surface area contributed by atoms with E-state index in [1.807, 2.05) is 30.5 Å². The van der Waals surface area contributed by atoms with Crippen molar-refractivity contribution in [1.29, 1.82) is 0 Å². The average Bonchev–Trinajstić information content (AvgIpc) is 2.99. The second-order valence-electron chi connectivity index (χ2n) is 6.20. The third-order valence-electron chi connectivity index (χ3n) is 4.40. The first-order chi connectivity index (χ1) is 11.1. The van der Waals surface area contributed by atoms with E-state index in [1.54, 1.807) is 6.07 Å². The zero-order valence-corrected chi connectivity index (χ0v) is 13.2. The third kappa shape index (κ3) is 2.16. The van der Waals surface area contributed by atoms with Crippen LogP contribution in [-0.4, -0.2) is 9.55 Å². The number of fused-ring (bicyclic) bond motifs is 2. The minimum atomic E-state index is 0.0555. The van der Waals surface area contributed by atoms with Crippen molar-refractivity contribution >= 4 is 21.8 Å². The van der Waals surface area contributed by atoms with E-state index in [-0.39, 0.29) is 5.43 Å². The zero-order valence-electron chi connectivity index (χ0n) is 13.2. The largest absolute Gasteiger partial charge is 0.361 e. The van der Waals surface area contributed by atoms with Crippen LogP contribution in [0, 0.1) is 0 Å². The van der Waals surface area contributed by atoms with Crippen molar-refractivity contribution in [2.24, 2.45) is 0 Å². The quantitative estimate of drug-likeness (QED) is 0.577. The van der Waals surface area contributed by atoms with E-state index < -0.39 is 0 Å².